The van der Waals surface area contributed by atoms with E-state index in [4.69, 9.17) is 0 Å². The average molecular weight is 583 g/mol. The number of fused-ring (bicyclic) bond motifs is 2. The third kappa shape index (κ3) is 5.41. The van der Waals surface area contributed by atoms with Gasteiger partial charge in [0.15, 0.2) is 11.0 Å². The van der Waals surface area contributed by atoms with E-state index in [1.54, 1.807) is 49.1 Å². The zero-order valence-electron chi connectivity index (χ0n) is 22.0. The molecular formula is C29H26F4N6OS. The second kappa shape index (κ2) is 10.5. The summed E-state index contributed by atoms with van der Waals surface area (Å²) >= 11 is 0. The molecule has 1 fully saturated rings. The molecule has 1 aliphatic heterocycles. The van der Waals surface area contributed by atoms with Gasteiger partial charge in [-0.3, -0.25) is 8.96 Å². The predicted molar refractivity (Wildman–Crippen MR) is 151 cm³/mol. The molecule has 2 unspecified atom stereocenters. The first-order chi connectivity index (χ1) is 19.6. The van der Waals surface area contributed by atoms with E-state index in [9.17, 15) is 17.4 Å². The summed E-state index contributed by atoms with van der Waals surface area (Å²) in [5.74, 6) is 0.221. The van der Waals surface area contributed by atoms with Crippen molar-refractivity contribution in [2.45, 2.75) is 36.5 Å². The lowest BCUT2D eigenvalue weighted by Gasteiger charge is -2.30. The molecule has 2 aromatic carbocycles. The fourth-order valence-electron chi connectivity index (χ4n) is 5.05. The molecule has 0 radical (unpaired) electrons. The van der Waals surface area contributed by atoms with Gasteiger partial charge in [-0.15, -0.1) is 0 Å². The van der Waals surface area contributed by atoms with Gasteiger partial charge in [0.05, 0.1) is 28.0 Å². The van der Waals surface area contributed by atoms with Gasteiger partial charge in [0, 0.05) is 53.2 Å². The SMILES string of the molecule is Cc1ccc(S(=O)n2cc(-c3cncc4cnc(NCC5(F)CCCNC5)nc34)c3ccc(C(F)(F)F)cc32)cc1. The van der Waals surface area contributed by atoms with Gasteiger partial charge in [-0.1, -0.05) is 23.8 Å². The predicted octanol–water partition coefficient (Wildman–Crippen LogP) is 6.05. The fourth-order valence-corrected chi connectivity index (χ4v) is 6.18. The number of piperidine rings is 1. The van der Waals surface area contributed by atoms with Gasteiger partial charge >= 0.3 is 6.18 Å². The monoisotopic (exact) mass is 582 g/mol. The summed E-state index contributed by atoms with van der Waals surface area (Å²) in [6, 6.07) is 10.4. The van der Waals surface area contributed by atoms with Crippen molar-refractivity contribution < 1.29 is 21.8 Å². The van der Waals surface area contributed by atoms with Crippen molar-refractivity contribution in [2.24, 2.45) is 0 Å². The Labute approximate surface area is 235 Å². The largest absolute Gasteiger partial charge is 0.416 e. The number of pyridine rings is 1. The van der Waals surface area contributed by atoms with E-state index in [0.29, 0.717) is 38.7 Å². The Bertz CT molecular complexity index is 1760. The lowest BCUT2D eigenvalue weighted by Crippen LogP contribution is -2.46. The minimum absolute atomic E-state index is 0.0288. The van der Waals surface area contributed by atoms with Crippen LogP contribution in [0.1, 0.15) is 24.0 Å². The van der Waals surface area contributed by atoms with Crippen molar-refractivity contribution in [2.75, 3.05) is 25.0 Å². The van der Waals surface area contributed by atoms with Crippen molar-refractivity contribution >= 4 is 38.7 Å². The number of alkyl halides is 4. The number of nitrogens with zero attached hydrogens (tertiary/aromatic N) is 4. The van der Waals surface area contributed by atoms with Gasteiger partial charge in [0.25, 0.3) is 0 Å². The molecule has 12 heteroatoms. The second-order valence-electron chi connectivity index (χ2n) is 10.3. The molecule has 0 amide bonds. The molecule has 0 saturated carbocycles. The van der Waals surface area contributed by atoms with E-state index in [1.807, 2.05) is 6.92 Å². The number of rotatable bonds is 6. The van der Waals surface area contributed by atoms with Crippen LogP contribution in [0, 0.1) is 6.92 Å². The maximum absolute atomic E-state index is 15.1. The average Bonchev–Trinajstić information content (AvgIpc) is 3.34. The van der Waals surface area contributed by atoms with E-state index >= 15 is 4.39 Å². The quantitative estimate of drug-likeness (QED) is 0.237. The minimum atomic E-state index is -4.58. The summed E-state index contributed by atoms with van der Waals surface area (Å²) in [5.41, 5.74) is 0.351. The van der Waals surface area contributed by atoms with E-state index < -0.39 is 28.4 Å². The molecule has 212 valence electrons. The molecule has 1 saturated heterocycles. The standard InChI is InChI=1S/C29H26F4N6OS/c1-18-3-6-21(7-4-18)41(40)39-15-24(22-8-5-20(11-25(22)39)29(31,32)33)23-14-35-12-19-13-36-27(38-26(19)23)37-17-28(30)9-2-10-34-16-28/h3-8,11-15,34H,2,9-10,16-17H2,1H3,(H,36,37,38). The highest BCUT2D eigenvalue weighted by molar-refractivity contribution is 7.83. The number of hydrogen-bond donors (Lipinski definition) is 2. The third-order valence-corrected chi connectivity index (χ3v) is 8.60. The van der Waals surface area contributed by atoms with Crippen molar-refractivity contribution in [1.29, 1.82) is 0 Å². The first-order valence-electron chi connectivity index (χ1n) is 13.1. The van der Waals surface area contributed by atoms with Crippen LogP contribution in [0.25, 0.3) is 32.9 Å². The molecule has 7 nitrogen and oxygen atoms in total. The Kier molecular flexibility index (Phi) is 6.98. The molecule has 6 rings (SSSR count). The van der Waals surface area contributed by atoms with E-state index in [0.717, 1.165) is 30.7 Å². The number of nitrogens with one attached hydrogen (secondary N) is 2. The summed E-state index contributed by atoms with van der Waals surface area (Å²) in [6.45, 7) is 2.94. The Morgan fingerprint density at radius 2 is 1.90 bits per heavy atom. The highest BCUT2D eigenvalue weighted by atomic mass is 32.2. The smallest absolute Gasteiger partial charge is 0.351 e. The molecule has 0 bridgehead atoms. The molecule has 2 atom stereocenters. The maximum atomic E-state index is 15.1. The van der Waals surface area contributed by atoms with Crippen LogP contribution in [-0.4, -0.2) is 48.4 Å². The highest BCUT2D eigenvalue weighted by Gasteiger charge is 2.33. The first kappa shape index (κ1) is 27.3. The number of halogens is 4. The Hall–Kier alpha value is -3.90. The summed E-state index contributed by atoms with van der Waals surface area (Å²) in [7, 11) is -1.83. The van der Waals surface area contributed by atoms with Crippen molar-refractivity contribution in [3.63, 3.8) is 0 Å². The molecule has 4 heterocycles. The van der Waals surface area contributed by atoms with Crippen molar-refractivity contribution in [3.05, 3.63) is 78.4 Å². The van der Waals surface area contributed by atoms with Crippen LogP contribution in [0.3, 0.4) is 0 Å². The molecule has 5 aromatic rings. The zero-order chi connectivity index (χ0) is 28.8. The van der Waals surface area contributed by atoms with Gasteiger partial charge in [-0.05, 0) is 50.6 Å². The van der Waals surface area contributed by atoms with Gasteiger partial charge in [-0.25, -0.2) is 18.6 Å². The van der Waals surface area contributed by atoms with Gasteiger partial charge in [0.1, 0.15) is 5.67 Å². The van der Waals surface area contributed by atoms with Crippen LogP contribution < -0.4 is 10.6 Å². The molecule has 41 heavy (non-hydrogen) atoms. The molecule has 1 aliphatic rings. The fraction of sp³-hybridized carbons (Fsp3) is 0.276. The van der Waals surface area contributed by atoms with Crippen LogP contribution >= 0.6 is 0 Å². The summed E-state index contributed by atoms with van der Waals surface area (Å²) < 4.78 is 71.2. The van der Waals surface area contributed by atoms with E-state index in [-0.39, 0.29) is 24.6 Å². The molecule has 3 aromatic heterocycles. The third-order valence-electron chi connectivity index (χ3n) is 7.26. The van der Waals surface area contributed by atoms with Crippen LogP contribution in [0.5, 0.6) is 0 Å². The van der Waals surface area contributed by atoms with Gasteiger partial charge < -0.3 is 10.6 Å². The number of anilines is 1. The van der Waals surface area contributed by atoms with Crippen LogP contribution in [0.15, 0.2) is 72.1 Å². The lowest BCUT2D eigenvalue weighted by atomic mass is 9.96. The Morgan fingerprint density at radius 3 is 2.63 bits per heavy atom. The van der Waals surface area contributed by atoms with E-state index in [2.05, 4.69) is 25.6 Å². The highest BCUT2D eigenvalue weighted by Crippen LogP contribution is 2.38. The first-order valence-corrected chi connectivity index (χ1v) is 14.2. The Balaban J connectivity index is 1.47. The summed E-state index contributed by atoms with van der Waals surface area (Å²) in [4.78, 5) is 13.7. The molecule has 2 N–H and O–H groups in total. The molecule has 0 aliphatic carbocycles. The summed E-state index contributed by atoms with van der Waals surface area (Å²) in [6.07, 6.45) is 2.85. The second-order valence-corrected chi connectivity index (χ2v) is 11.6. The number of aromatic nitrogens is 4. The maximum Gasteiger partial charge on any atom is 0.416 e. The zero-order valence-corrected chi connectivity index (χ0v) is 22.8. The molecular weight excluding hydrogens is 556 g/mol. The topological polar surface area (TPSA) is 84.7 Å². The Morgan fingerprint density at radius 1 is 1.10 bits per heavy atom. The van der Waals surface area contributed by atoms with Crippen LogP contribution in [0.4, 0.5) is 23.5 Å². The number of aryl methyl sites for hydroxylation is 1. The number of benzene rings is 2. The normalized spacial score (nSPS) is 18.6. The van der Waals surface area contributed by atoms with Crippen LogP contribution in [0.2, 0.25) is 0 Å². The minimum Gasteiger partial charge on any atom is -0.351 e. The van der Waals surface area contributed by atoms with E-state index in [1.165, 1.54) is 10.0 Å². The van der Waals surface area contributed by atoms with Crippen LogP contribution in [-0.2, 0) is 17.2 Å². The van der Waals surface area contributed by atoms with Crippen molar-refractivity contribution in [1.82, 2.24) is 24.2 Å². The van der Waals surface area contributed by atoms with Gasteiger partial charge in [-0.2, -0.15) is 13.2 Å². The number of hydrogen-bond acceptors (Lipinski definition) is 6. The van der Waals surface area contributed by atoms with Gasteiger partial charge in [0.2, 0.25) is 5.95 Å². The lowest BCUT2D eigenvalue weighted by molar-refractivity contribution is -0.137. The summed E-state index contributed by atoms with van der Waals surface area (Å²) in [5, 5.41) is 7.11. The molecule has 0 spiro atoms. The van der Waals surface area contributed by atoms with Crippen molar-refractivity contribution in [3.8, 4) is 11.1 Å².